The number of hydrogen-bond acceptors (Lipinski definition) is 8. The number of aliphatic hydroxyl groups excluding tert-OH is 3. The van der Waals surface area contributed by atoms with E-state index in [1.54, 1.807) is 6.08 Å². The largest absolute Gasteiger partial charge is 0.464 e. The highest BCUT2D eigenvalue weighted by Crippen LogP contribution is 2.24. The Morgan fingerprint density at radius 3 is 2.16 bits per heavy atom. The quantitative estimate of drug-likeness (QED) is 0.129. The standard InChI is InChI=1S/C27H48N2O8/c1-17(2)16-19(24(33)28-14-15-37-26(35)18-10-8-7-9-11-18)29-25(34)23(36-6)22(32)21(31)20(30)12-13-27(3,4)5/h12-13,17-23,30-32H,7-11,14-16H2,1-6H3,(H,28,33)(H,29,34)/t19-,20+,21-,22+,23+/m0/s1. The van der Waals surface area contributed by atoms with Gasteiger partial charge in [0.05, 0.1) is 12.5 Å². The zero-order chi connectivity index (χ0) is 28.2. The summed E-state index contributed by atoms with van der Waals surface area (Å²) in [4.78, 5) is 37.8. The number of amides is 2. The van der Waals surface area contributed by atoms with Crippen LogP contribution in [0, 0.1) is 17.3 Å². The molecule has 0 aromatic carbocycles. The lowest BCUT2D eigenvalue weighted by Crippen LogP contribution is -2.56. The van der Waals surface area contributed by atoms with E-state index in [1.165, 1.54) is 13.2 Å². The average molecular weight is 529 g/mol. The van der Waals surface area contributed by atoms with E-state index >= 15 is 0 Å². The van der Waals surface area contributed by atoms with E-state index in [-0.39, 0.29) is 36.4 Å². The third-order valence-corrected chi connectivity index (χ3v) is 6.24. The van der Waals surface area contributed by atoms with Crippen molar-refractivity contribution in [2.45, 2.75) is 104 Å². The Bertz CT molecular complexity index is 743. The molecule has 2 amide bonds. The number of esters is 1. The highest BCUT2D eigenvalue weighted by Gasteiger charge is 2.37. The minimum Gasteiger partial charge on any atom is -0.464 e. The van der Waals surface area contributed by atoms with Crippen LogP contribution in [0.1, 0.15) is 73.1 Å². The van der Waals surface area contributed by atoms with Crippen molar-refractivity contribution in [3.8, 4) is 0 Å². The van der Waals surface area contributed by atoms with Crippen LogP contribution in [0.5, 0.6) is 0 Å². The molecule has 5 atom stereocenters. The molecule has 1 aliphatic carbocycles. The molecule has 0 aromatic heterocycles. The third-order valence-electron chi connectivity index (χ3n) is 6.24. The van der Waals surface area contributed by atoms with Gasteiger partial charge in [0.15, 0.2) is 6.10 Å². The highest BCUT2D eigenvalue weighted by atomic mass is 16.5. The van der Waals surface area contributed by atoms with Crippen molar-refractivity contribution in [3.63, 3.8) is 0 Å². The lowest BCUT2D eigenvalue weighted by molar-refractivity contribution is -0.151. The molecule has 1 fully saturated rings. The van der Waals surface area contributed by atoms with Gasteiger partial charge in [0, 0.05) is 7.11 Å². The summed E-state index contributed by atoms with van der Waals surface area (Å²) in [6.45, 7) is 9.64. The van der Waals surface area contributed by atoms with Gasteiger partial charge in [-0.3, -0.25) is 14.4 Å². The summed E-state index contributed by atoms with van der Waals surface area (Å²) in [6, 6.07) is -0.936. The van der Waals surface area contributed by atoms with Gasteiger partial charge in [-0.25, -0.2) is 0 Å². The smallest absolute Gasteiger partial charge is 0.308 e. The lowest BCUT2D eigenvalue weighted by atomic mass is 9.89. The number of hydrogen-bond donors (Lipinski definition) is 5. The fourth-order valence-corrected chi connectivity index (χ4v) is 4.15. The summed E-state index contributed by atoms with van der Waals surface area (Å²) in [5.74, 6) is -1.52. The topological polar surface area (TPSA) is 154 Å². The predicted octanol–water partition coefficient (Wildman–Crippen LogP) is 1.46. The Labute approximate surface area is 221 Å². The number of carbonyl (C=O) groups excluding carboxylic acids is 3. The van der Waals surface area contributed by atoms with Crippen LogP contribution in [0.4, 0.5) is 0 Å². The Hall–Kier alpha value is -2.01. The Morgan fingerprint density at radius 1 is 1.00 bits per heavy atom. The molecule has 0 saturated heterocycles. The normalized spacial score (nSPS) is 19.2. The van der Waals surface area contributed by atoms with Crippen LogP contribution in [0.15, 0.2) is 12.2 Å². The summed E-state index contributed by atoms with van der Waals surface area (Å²) in [6.07, 6.45) is 1.82. The second-order valence-electron chi connectivity index (χ2n) is 11.3. The zero-order valence-corrected chi connectivity index (χ0v) is 23.2. The fraction of sp³-hybridized carbons (Fsp3) is 0.815. The van der Waals surface area contributed by atoms with Gasteiger partial charge in [0.25, 0.3) is 5.91 Å². The van der Waals surface area contributed by atoms with Crippen molar-refractivity contribution >= 4 is 17.8 Å². The maximum atomic E-state index is 12.9. The van der Waals surface area contributed by atoms with E-state index in [2.05, 4.69) is 10.6 Å². The monoisotopic (exact) mass is 528 g/mol. The first kappa shape index (κ1) is 33.0. The first-order chi connectivity index (χ1) is 17.3. The maximum absolute atomic E-state index is 12.9. The van der Waals surface area contributed by atoms with Crippen LogP contribution in [0.25, 0.3) is 0 Å². The Balaban J connectivity index is 2.69. The van der Waals surface area contributed by atoms with Crippen molar-refractivity contribution < 1.29 is 39.2 Å². The average Bonchev–Trinajstić information content (AvgIpc) is 2.84. The summed E-state index contributed by atoms with van der Waals surface area (Å²) in [5, 5.41) is 36.4. The minimum atomic E-state index is -1.74. The molecular formula is C27H48N2O8. The van der Waals surface area contributed by atoms with E-state index in [0.29, 0.717) is 6.42 Å². The Morgan fingerprint density at radius 2 is 1.62 bits per heavy atom. The van der Waals surface area contributed by atoms with Gasteiger partial charge in [-0.1, -0.05) is 66.0 Å². The van der Waals surface area contributed by atoms with Crippen LogP contribution in [0.3, 0.4) is 0 Å². The minimum absolute atomic E-state index is 0.0367. The number of allylic oxidation sites excluding steroid dienone is 1. The van der Waals surface area contributed by atoms with Gasteiger partial charge in [-0.2, -0.15) is 0 Å². The number of methoxy groups -OCH3 is 1. The molecule has 1 saturated carbocycles. The van der Waals surface area contributed by atoms with Gasteiger partial charge < -0.3 is 35.4 Å². The summed E-state index contributed by atoms with van der Waals surface area (Å²) in [7, 11) is 1.19. The molecule has 0 aliphatic heterocycles. The first-order valence-electron chi connectivity index (χ1n) is 13.3. The molecule has 10 heteroatoms. The molecule has 0 radical (unpaired) electrons. The molecule has 0 bridgehead atoms. The van der Waals surface area contributed by atoms with Crippen LogP contribution in [-0.4, -0.2) is 83.8 Å². The number of rotatable bonds is 14. The van der Waals surface area contributed by atoms with Gasteiger partial charge >= 0.3 is 5.97 Å². The van der Waals surface area contributed by atoms with Crippen molar-refractivity contribution in [2.75, 3.05) is 20.3 Å². The summed E-state index contributed by atoms with van der Waals surface area (Å²) < 4.78 is 10.4. The van der Waals surface area contributed by atoms with E-state index in [4.69, 9.17) is 9.47 Å². The van der Waals surface area contributed by atoms with Gasteiger partial charge in [0.1, 0.15) is 31.0 Å². The van der Waals surface area contributed by atoms with Gasteiger partial charge in [-0.15, -0.1) is 0 Å². The van der Waals surface area contributed by atoms with Crippen molar-refractivity contribution in [3.05, 3.63) is 12.2 Å². The first-order valence-corrected chi connectivity index (χ1v) is 13.3. The summed E-state index contributed by atoms with van der Waals surface area (Å²) in [5.41, 5.74) is -0.255. The number of nitrogens with one attached hydrogen (secondary N) is 2. The number of carbonyl (C=O) groups is 3. The maximum Gasteiger partial charge on any atom is 0.308 e. The third kappa shape index (κ3) is 12.4. The van der Waals surface area contributed by atoms with E-state index in [9.17, 15) is 29.7 Å². The molecule has 37 heavy (non-hydrogen) atoms. The van der Waals surface area contributed by atoms with Gasteiger partial charge in [0.2, 0.25) is 5.91 Å². The molecule has 10 nitrogen and oxygen atoms in total. The van der Waals surface area contributed by atoms with Crippen molar-refractivity contribution in [1.29, 1.82) is 0 Å². The van der Waals surface area contributed by atoms with E-state index in [1.807, 2.05) is 34.6 Å². The van der Waals surface area contributed by atoms with Gasteiger partial charge in [-0.05, 0) is 30.6 Å². The van der Waals surface area contributed by atoms with Crippen LogP contribution in [0.2, 0.25) is 0 Å². The SMILES string of the molecule is CO[C@@H](C(=O)N[C@@H](CC(C)C)C(=O)NCCOC(=O)C1CCCCC1)[C@H](O)[C@@H](O)[C@H](O)C=CC(C)(C)C. The molecule has 214 valence electrons. The fourth-order valence-electron chi connectivity index (χ4n) is 4.15. The molecule has 0 unspecified atom stereocenters. The lowest BCUT2D eigenvalue weighted by Gasteiger charge is -2.29. The highest BCUT2D eigenvalue weighted by molar-refractivity contribution is 5.89. The second kappa shape index (κ2) is 16.1. The number of ether oxygens (including phenoxy) is 2. The van der Waals surface area contributed by atoms with Crippen LogP contribution >= 0.6 is 0 Å². The zero-order valence-electron chi connectivity index (χ0n) is 23.2. The van der Waals surface area contributed by atoms with Crippen LogP contribution < -0.4 is 10.6 Å². The van der Waals surface area contributed by atoms with E-state index in [0.717, 1.165) is 32.1 Å². The van der Waals surface area contributed by atoms with Crippen molar-refractivity contribution in [2.24, 2.45) is 17.3 Å². The molecule has 0 spiro atoms. The van der Waals surface area contributed by atoms with E-state index < -0.39 is 42.3 Å². The number of aliphatic hydroxyl groups is 3. The molecular weight excluding hydrogens is 480 g/mol. The molecule has 0 aromatic rings. The summed E-state index contributed by atoms with van der Waals surface area (Å²) >= 11 is 0. The molecule has 0 heterocycles. The van der Waals surface area contributed by atoms with Crippen molar-refractivity contribution in [1.82, 2.24) is 10.6 Å². The predicted molar refractivity (Wildman–Crippen MR) is 139 cm³/mol. The van der Waals surface area contributed by atoms with Crippen LogP contribution in [-0.2, 0) is 23.9 Å². The molecule has 1 aliphatic rings. The molecule has 5 N–H and O–H groups in total. The second-order valence-corrected chi connectivity index (χ2v) is 11.3. The Kier molecular flexibility index (Phi) is 14.3. The molecule has 1 rings (SSSR count).